The number of rotatable bonds is 6. The Labute approximate surface area is 190 Å². The van der Waals surface area contributed by atoms with E-state index in [1.165, 1.54) is 29.3 Å². The van der Waals surface area contributed by atoms with Crippen molar-refractivity contribution in [2.24, 2.45) is 5.73 Å². The first-order valence-electron chi connectivity index (χ1n) is 9.01. The van der Waals surface area contributed by atoms with Gasteiger partial charge in [0.1, 0.15) is 6.54 Å². The zero-order chi connectivity index (χ0) is 23.5. The number of carbonyl (C=O) groups is 2. The summed E-state index contributed by atoms with van der Waals surface area (Å²) in [5, 5.41) is 2.93. The maximum absolute atomic E-state index is 12.7. The Morgan fingerprint density at radius 3 is 2.31 bits per heavy atom. The second-order valence-corrected chi connectivity index (χ2v) is 7.37. The van der Waals surface area contributed by atoms with Crippen LogP contribution in [0, 0.1) is 0 Å². The largest absolute Gasteiger partial charge is 0.416 e. The number of benzene rings is 2. The van der Waals surface area contributed by atoms with Gasteiger partial charge in [0, 0.05) is 17.4 Å². The third kappa shape index (κ3) is 5.49. The van der Waals surface area contributed by atoms with E-state index >= 15 is 0 Å². The summed E-state index contributed by atoms with van der Waals surface area (Å²) in [4.78, 5) is 29.8. The van der Waals surface area contributed by atoms with E-state index in [0.717, 1.165) is 24.3 Å². The van der Waals surface area contributed by atoms with Crippen molar-refractivity contribution in [2.75, 3.05) is 16.8 Å². The lowest BCUT2D eigenvalue weighted by Gasteiger charge is -2.24. The Kier molecular flexibility index (Phi) is 6.90. The summed E-state index contributed by atoms with van der Waals surface area (Å²) < 4.78 is 38.1. The highest BCUT2D eigenvalue weighted by molar-refractivity contribution is 6.35. The average Bonchev–Trinajstić information content (AvgIpc) is 2.72. The van der Waals surface area contributed by atoms with Crippen molar-refractivity contribution in [3.05, 3.63) is 82.0 Å². The fraction of sp³-hybridized carbons (Fsp3) is 0.0952. The first kappa shape index (κ1) is 23.4. The lowest BCUT2D eigenvalue weighted by atomic mass is 10.1. The maximum Gasteiger partial charge on any atom is 0.416 e. The molecule has 0 unspecified atom stereocenters. The van der Waals surface area contributed by atoms with Crippen LogP contribution in [0.15, 0.2) is 60.8 Å². The third-order valence-corrected chi connectivity index (χ3v) is 4.89. The van der Waals surface area contributed by atoms with Crippen molar-refractivity contribution in [2.45, 2.75) is 6.18 Å². The predicted octanol–water partition coefficient (Wildman–Crippen LogP) is 5.28. The number of anilines is 3. The van der Waals surface area contributed by atoms with Gasteiger partial charge in [-0.15, -0.1) is 0 Å². The van der Waals surface area contributed by atoms with E-state index in [2.05, 4.69) is 10.3 Å². The standard InChI is InChI=1S/C21H15Cl2F3N4O2/c22-15-8-3-12(20(32)29-14-6-4-13(5-7-14)21(24,25)26)10-17(15)30(11-18(27)31)19-16(23)2-1-9-28-19/h1-10H,11H2,(H2,27,31)(H,29,32). The minimum Gasteiger partial charge on any atom is -0.368 e. The Bertz CT molecular complexity index is 1150. The van der Waals surface area contributed by atoms with Crippen LogP contribution in [0.3, 0.4) is 0 Å². The fourth-order valence-electron chi connectivity index (χ4n) is 2.81. The fourth-order valence-corrected chi connectivity index (χ4v) is 3.26. The van der Waals surface area contributed by atoms with Crippen LogP contribution in [0.4, 0.5) is 30.4 Å². The van der Waals surface area contributed by atoms with Crippen LogP contribution < -0.4 is 16.0 Å². The molecule has 2 aromatic carbocycles. The number of carbonyl (C=O) groups excluding carboxylic acids is 2. The maximum atomic E-state index is 12.7. The SMILES string of the molecule is NC(=O)CN(c1cc(C(=O)Nc2ccc(C(F)(F)F)cc2)ccc1Cl)c1ncccc1Cl. The highest BCUT2D eigenvalue weighted by atomic mass is 35.5. The molecule has 32 heavy (non-hydrogen) atoms. The Morgan fingerprint density at radius 1 is 1.03 bits per heavy atom. The smallest absolute Gasteiger partial charge is 0.368 e. The number of alkyl halides is 3. The Balaban J connectivity index is 1.92. The van der Waals surface area contributed by atoms with Crippen LogP contribution in [-0.2, 0) is 11.0 Å². The molecule has 6 nitrogen and oxygen atoms in total. The van der Waals surface area contributed by atoms with E-state index in [-0.39, 0.29) is 39.3 Å². The van der Waals surface area contributed by atoms with Gasteiger partial charge in [0.25, 0.3) is 5.91 Å². The molecule has 0 radical (unpaired) electrons. The molecule has 0 fully saturated rings. The number of primary amides is 1. The van der Waals surface area contributed by atoms with E-state index < -0.39 is 23.6 Å². The van der Waals surface area contributed by atoms with Crippen molar-refractivity contribution in [3.8, 4) is 0 Å². The molecule has 0 aliphatic heterocycles. The van der Waals surface area contributed by atoms with Crippen LogP contribution in [0.25, 0.3) is 0 Å². The van der Waals surface area contributed by atoms with E-state index in [9.17, 15) is 22.8 Å². The minimum absolute atomic E-state index is 0.130. The molecule has 2 amide bonds. The van der Waals surface area contributed by atoms with Crippen LogP contribution >= 0.6 is 23.2 Å². The van der Waals surface area contributed by atoms with Gasteiger partial charge in [0.2, 0.25) is 5.91 Å². The molecule has 0 saturated heterocycles. The number of hydrogen-bond donors (Lipinski definition) is 2. The lowest BCUT2D eigenvalue weighted by molar-refractivity contribution is -0.137. The van der Waals surface area contributed by atoms with Crippen LogP contribution in [0.5, 0.6) is 0 Å². The average molecular weight is 483 g/mol. The van der Waals surface area contributed by atoms with Gasteiger partial charge in [-0.1, -0.05) is 23.2 Å². The van der Waals surface area contributed by atoms with Crippen molar-refractivity contribution in [3.63, 3.8) is 0 Å². The topological polar surface area (TPSA) is 88.3 Å². The summed E-state index contributed by atoms with van der Waals surface area (Å²) in [6, 6.07) is 11.4. The van der Waals surface area contributed by atoms with Crippen LogP contribution in [0.1, 0.15) is 15.9 Å². The summed E-state index contributed by atoms with van der Waals surface area (Å²) in [5.41, 5.74) is 5.06. The first-order chi connectivity index (χ1) is 15.1. The molecule has 0 saturated carbocycles. The number of halogens is 5. The molecular formula is C21H15Cl2F3N4O2. The second-order valence-electron chi connectivity index (χ2n) is 6.56. The summed E-state index contributed by atoms with van der Waals surface area (Å²) >= 11 is 12.5. The monoisotopic (exact) mass is 482 g/mol. The van der Waals surface area contributed by atoms with Gasteiger partial charge in [-0.25, -0.2) is 4.98 Å². The number of nitrogens with two attached hydrogens (primary N) is 1. The number of aromatic nitrogens is 1. The van der Waals surface area contributed by atoms with Gasteiger partial charge < -0.3 is 16.0 Å². The minimum atomic E-state index is -4.48. The molecule has 0 aliphatic rings. The predicted molar refractivity (Wildman–Crippen MR) is 116 cm³/mol. The van der Waals surface area contributed by atoms with E-state index in [1.54, 1.807) is 12.1 Å². The number of amides is 2. The Hall–Kier alpha value is -3.30. The van der Waals surface area contributed by atoms with E-state index in [1.807, 2.05) is 0 Å². The number of nitrogens with zero attached hydrogens (tertiary/aromatic N) is 2. The summed E-state index contributed by atoms with van der Waals surface area (Å²) in [5.74, 6) is -1.09. The van der Waals surface area contributed by atoms with Gasteiger partial charge in [0.05, 0.1) is 21.3 Å². The lowest BCUT2D eigenvalue weighted by Crippen LogP contribution is -2.31. The highest BCUT2D eigenvalue weighted by Gasteiger charge is 2.30. The van der Waals surface area contributed by atoms with Crippen LogP contribution in [0.2, 0.25) is 10.0 Å². The summed E-state index contributed by atoms with van der Waals surface area (Å²) in [6.45, 7) is -0.319. The zero-order valence-electron chi connectivity index (χ0n) is 16.2. The van der Waals surface area contributed by atoms with Crippen molar-refractivity contribution in [1.82, 2.24) is 4.98 Å². The molecule has 3 N–H and O–H groups in total. The van der Waals surface area contributed by atoms with Gasteiger partial charge in [-0.05, 0) is 54.6 Å². The molecule has 166 valence electrons. The third-order valence-electron chi connectivity index (χ3n) is 4.28. The number of nitrogens with one attached hydrogen (secondary N) is 1. The molecule has 3 aromatic rings. The normalized spacial score (nSPS) is 11.2. The molecule has 0 aliphatic carbocycles. The molecule has 1 aromatic heterocycles. The molecule has 0 spiro atoms. The molecule has 11 heteroatoms. The summed E-state index contributed by atoms with van der Waals surface area (Å²) in [7, 11) is 0. The van der Waals surface area contributed by atoms with Gasteiger partial charge >= 0.3 is 6.18 Å². The van der Waals surface area contributed by atoms with E-state index in [4.69, 9.17) is 28.9 Å². The molecule has 0 bridgehead atoms. The summed E-state index contributed by atoms with van der Waals surface area (Å²) in [6.07, 6.45) is -3.02. The number of pyridine rings is 1. The number of hydrogen-bond acceptors (Lipinski definition) is 4. The zero-order valence-corrected chi connectivity index (χ0v) is 17.7. The Morgan fingerprint density at radius 2 is 1.72 bits per heavy atom. The van der Waals surface area contributed by atoms with Crippen molar-refractivity contribution in [1.29, 1.82) is 0 Å². The van der Waals surface area contributed by atoms with Gasteiger partial charge in [-0.2, -0.15) is 13.2 Å². The van der Waals surface area contributed by atoms with Crippen molar-refractivity contribution < 1.29 is 22.8 Å². The molecule has 1 heterocycles. The molecular weight excluding hydrogens is 468 g/mol. The molecule has 3 rings (SSSR count). The highest BCUT2D eigenvalue weighted by Crippen LogP contribution is 2.35. The second kappa shape index (κ2) is 9.46. The van der Waals surface area contributed by atoms with Gasteiger partial charge in [0.15, 0.2) is 5.82 Å². The first-order valence-corrected chi connectivity index (χ1v) is 9.76. The van der Waals surface area contributed by atoms with Crippen molar-refractivity contribution >= 4 is 52.2 Å². The van der Waals surface area contributed by atoms with Crippen LogP contribution in [-0.4, -0.2) is 23.3 Å². The molecule has 0 atom stereocenters. The quantitative estimate of drug-likeness (QED) is 0.499. The van der Waals surface area contributed by atoms with Gasteiger partial charge in [-0.3, -0.25) is 9.59 Å². The van der Waals surface area contributed by atoms with E-state index in [0.29, 0.717) is 0 Å².